The molecule has 0 fully saturated rings. The van der Waals surface area contributed by atoms with Gasteiger partial charge in [0.25, 0.3) is 0 Å². The van der Waals surface area contributed by atoms with Gasteiger partial charge in [0.15, 0.2) is 0 Å². The summed E-state index contributed by atoms with van der Waals surface area (Å²) in [7, 11) is 0. The molecule has 166 valence electrons. The van der Waals surface area contributed by atoms with Crippen LogP contribution < -0.4 is 5.32 Å². The summed E-state index contributed by atoms with van der Waals surface area (Å²) in [4.78, 5) is 12.0. The highest BCUT2D eigenvalue weighted by Crippen LogP contribution is 2.33. The highest BCUT2D eigenvalue weighted by molar-refractivity contribution is 6.24. The van der Waals surface area contributed by atoms with Crippen LogP contribution in [0.25, 0.3) is 0 Å². The molecule has 0 radical (unpaired) electrons. The van der Waals surface area contributed by atoms with E-state index in [0.717, 1.165) is 30.9 Å². The Bertz CT molecular complexity index is 633. The number of rotatable bonds is 11. The Labute approximate surface area is 178 Å². The molecule has 0 bridgehead atoms. The molecule has 2 nitrogen and oxygen atoms in total. The standard InChI is InChI=1S/C23H35ClF3NO/c1-5-6-7-8-9-10-15-22(4,24)18(3)28-21(29)17(2)16-19-11-13-20(14-12-19)23(25,26)27/h11,13,16,18H,5-10,12,14-15H2,1-4H3,(H,28,29)/b17-16+. The van der Waals surface area contributed by atoms with Crippen molar-refractivity contribution in [2.24, 2.45) is 0 Å². The first-order chi connectivity index (χ1) is 13.5. The molecule has 0 saturated heterocycles. The Morgan fingerprint density at radius 1 is 1.17 bits per heavy atom. The third-order valence-electron chi connectivity index (χ3n) is 5.58. The third-order valence-corrected chi connectivity index (χ3v) is 6.09. The van der Waals surface area contributed by atoms with Crippen LogP contribution in [-0.4, -0.2) is 23.0 Å². The number of allylic oxidation sites excluding steroid dienone is 5. The number of hydrogen-bond acceptors (Lipinski definition) is 1. The largest absolute Gasteiger partial charge is 0.412 e. The maximum absolute atomic E-state index is 12.7. The Morgan fingerprint density at radius 3 is 2.34 bits per heavy atom. The van der Waals surface area contributed by atoms with E-state index in [4.69, 9.17) is 11.6 Å². The average molecular weight is 434 g/mol. The molecule has 0 aromatic rings. The molecule has 0 aromatic carbocycles. The van der Waals surface area contributed by atoms with Crippen molar-refractivity contribution in [3.63, 3.8) is 0 Å². The lowest BCUT2D eigenvalue weighted by molar-refractivity contribution is -0.118. The molecule has 2 atom stereocenters. The van der Waals surface area contributed by atoms with Gasteiger partial charge in [-0.3, -0.25) is 4.79 Å². The van der Waals surface area contributed by atoms with Crippen molar-refractivity contribution >= 4 is 17.5 Å². The first kappa shape index (κ1) is 25.8. The Kier molecular flexibility index (Phi) is 10.5. The summed E-state index contributed by atoms with van der Waals surface area (Å²) in [6.07, 6.45) is 8.07. The van der Waals surface area contributed by atoms with Crippen LogP contribution in [0.4, 0.5) is 13.2 Å². The second-order valence-corrected chi connectivity index (χ2v) is 9.11. The van der Waals surface area contributed by atoms with Crippen LogP contribution in [0.2, 0.25) is 0 Å². The van der Waals surface area contributed by atoms with E-state index in [1.54, 1.807) is 13.0 Å². The van der Waals surface area contributed by atoms with Crippen LogP contribution in [0.1, 0.15) is 85.5 Å². The van der Waals surface area contributed by atoms with Gasteiger partial charge in [-0.2, -0.15) is 13.2 Å². The summed E-state index contributed by atoms with van der Waals surface area (Å²) in [6, 6.07) is -0.215. The topological polar surface area (TPSA) is 29.1 Å². The molecule has 0 heterocycles. The minimum atomic E-state index is -4.28. The summed E-state index contributed by atoms with van der Waals surface area (Å²) in [6.45, 7) is 7.70. The number of carbonyl (C=O) groups excluding carboxylic acids is 1. The Hall–Kier alpha value is -1.23. The summed E-state index contributed by atoms with van der Waals surface area (Å²) in [5, 5.41) is 2.94. The zero-order chi connectivity index (χ0) is 22.1. The molecule has 1 aliphatic carbocycles. The molecule has 0 aromatic heterocycles. The molecule has 29 heavy (non-hydrogen) atoms. The quantitative estimate of drug-likeness (QED) is 0.205. The number of hydrogen-bond donors (Lipinski definition) is 1. The number of nitrogens with one attached hydrogen (secondary N) is 1. The molecule has 2 unspecified atom stereocenters. The van der Waals surface area contributed by atoms with E-state index < -0.39 is 16.6 Å². The third kappa shape index (κ3) is 9.41. The van der Waals surface area contributed by atoms with Gasteiger partial charge in [-0.05, 0) is 45.6 Å². The van der Waals surface area contributed by atoms with Crippen molar-refractivity contribution in [1.82, 2.24) is 5.32 Å². The lowest BCUT2D eigenvalue weighted by Crippen LogP contribution is -2.46. The van der Waals surface area contributed by atoms with Crippen LogP contribution in [0.15, 0.2) is 34.9 Å². The predicted molar refractivity (Wildman–Crippen MR) is 115 cm³/mol. The fraction of sp³-hybridized carbons (Fsp3) is 0.696. The average Bonchev–Trinajstić information content (AvgIpc) is 2.64. The first-order valence-corrected chi connectivity index (χ1v) is 11.0. The predicted octanol–water partition coefficient (Wildman–Crippen LogP) is 7.39. The molecule has 1 aliphatic rings. The van der Waals surface area contributed by atoms with E-state index in [1.165, 1.54) is 31.8 Å². The fourth-order valence-corrected chi connectivity index (χ4v) is 3.47. The second kappa shape index (κ2) is 11.8. The lowest BCUT2D eigenvalue weighted by atomic mass is 9.94. The zero-order valence-corrected chi connectivity index (χ0v) is 18.8. The molecule has 0 saturated carbocycles. The molecule has 0 aliphatic heterocycles. The molecule has 1 N–H and O–H groups in total. The van der Waals surface area contributed by atoms with Crippen molar-refractivity contribution in [3.05, 3.63) is 34.9 Å². The van der Waals surface area contributed by atoms with E-state index >= 15 is 0 Å². The second-order valence-electron chi connectivity index (χ2n) is 8.25. The van der Waals surface area contributed by atoms with Crippen LogP contribution in [0.3, 0.4) is 0 Å². The van der Waals surface area contributed by atoms with Gasteiger partial charge in [-0.1, -0.05) is 63.7 Å². The summed E-state index contributed by atoms with van der Waals surface area (Å²) in [5.74, 6) is -0.237. The molecule has 0 spiro atoms. The minimum Gasteiger partial charge on any atom is -0.348 e. The smallest absolute Gasteiger partial charge is 0.348 e. The molecule has 1 amide bonds. The van der Waals surface area contributed by atoms with Crippen molar-refractivity contribution in [2.45, 2.75) is 103 Å². The van der Waals surface area contributed by atoms with E-state index in [1.807, 2.05) is 13.8 Å². The van der Waals surface area contributed by atoms with Crippen LogP contribution in [-0.2, 0) is 4.79 Å². The van der Waals surface area contributed by atoms with Crippen molar-refractivity contribution in [2.75, 3.05) is 0 Å². The number of halogens is 4. The van der Waals surface area contributed by atoms with Gasteiger partial charge in [0, 0.05) is 17.2 Å². The first-order valence-electron chi connectivity index (χ1n) is 10.6. The summed E-state index contributed by atoms with van der Waals surface area (Å²) < 4.78 is 38.1. The highest BCUT2D eigenvalue weighted by Gasteiger charge is 2.33. The normalized spacial score (nSPS) is 18.6. The number of unbranched alkanes of at least 4 members (excludes halogenated alkanes) is 5. The van der Waals surface area contributed by atoms with Crippen LogP contribution in [0, 0.1) is 0 Å². The monoisotopic (exact) mass is 433 g/mol. The maximum Gasteiger partial charge on any atom is 0.412 e. The van der Waals surface area contributed by atoms with Crippen molar-refractivity contribution in [1.29, 1.82) is 0 Å². The molecular weight excluding hydrogens is 399 g/mol. The number of amides is 1. The van der Waals surface area contributed by atoms with Gasteiger partial charge in [0.05, 0.1) is 4.87 Å². The maximum atomic E-state index is 12.7. The van der Waals surface area contributed by atoms with Crippen molar-refractivity contribution in [3.8, 4) is 0 Å². The summed E-state index contributed by atoms with van der Waals surface area (Å²) >= 11 is 6.67. The molecule has 1 rings (SSSR count). The highest BCUT2D eigenvalue weighted by atomic mass is 35.5. The van der Waals surface area contributed by atoms with Gasteiger partial charge in [-0.25, -0.2) is 0 Å². The zero-order valence-electron chi connectivity index (χ0n) is 18.1. The SMILES string of the molecule is CCCCCCCCC(C)(Cl)C(C)NC(=O)/C(C)=C/C1=CC=C(C(F)(F)F)CC1. The number of alkyl halides is 4. The number of carbonyl (C=O) groups is 1. The van der Waals surface area contributed by atoms with E-state index in [2.05, 4.69) is 12.2 Å². The molecule has 6 heteroatoms. The van der Waals surface area contributed by atoms with Crippen molar-refractivity contribution < 1.29 is 18.0 Å². The van der Waals surface area contributed by atoms with E-state index in [9.17, 15) is 18.0 Å². The Balaban J connectivity index is 2.55. The van der Waals surface area contributed by atoms with Gasteiger partial charge < -0.3 is 5.32 Å². The van der Waals surface area contributed by atoms with Gasteiger partial charge in [0.2, 0.25) is 5.91 Å². The van der Waals surface area contributed by atoms with E-state index in [0.29, 0.717) is 5.57 Å². The van der Waals surface area contributed by atoms with E-state index in [-0.39, 0.29) is 24.8 Å². The minimum absolute atomic E-state index is 0.0604. The van der Waals surface area contributed by atoms with Gasteiger partial charge in [0.1, 0.15) is 0 Å². The van der Waals surface area contributed by atoms with Gasteiger partial charge >= 0.3 is 6.18 Å². The Morgan fingerprint density at radius 2 is 1.79 bits per heavy atom. The molecular formula is C23H35ClF3NO. The summed E-state index contributed by atoms with van der Waals surface area (Å²) in [5.41, 5.74) is 0.663. The lowest BCUT2D eigenvalue weighted by Gasteiger charge is -2.30. The van der Waals surface area contributed by atoms with Crippen LogP contribution >= 0.6 is 11.6 Å². The van der Waals surface area contributed by atoms with Gasteiger partial charge in [-0.15, -0.1) is 11.6 Å². The van der Waals surface area contributed by atoms with Crippen LogP contribution in [0.5, 0.6) is 0 Å². The fourth-order valence-electron chi connectivity index (χ4n) is 3.28.